The molecule has 0 bridgehead atoms. The van der Waals surface area contributed by atoms with Gasteiger partial charge in [-0.05, 0) is 19.3 Å². The van der Waals surface area contributed by atoms with Gasteiger partial charge in [0.25, 0.3) is 0 Å². The van der Waals surface area contributed by atoms with E-state index in [0.29, 0.717) is 12.0 Å². The minimum absolute atomic E-state index is 0.0401. The van der Waals surface area contributed by atoms with Crippen molar-refractivity contribution < 1.29 is 9.53 Å². The van der Waals surface area contributed by atoms with Crippen molar-refractivity contribution in [2.75, 3.05) is 47.4 Å². The number of likely N-dealkylation sites (tertiary alicyclic amines) is 1. The Bertz CT molecular complexity index is 392. The molecule has 1 aliphatic heterocycles. The molecule has 0 aromatic carbocycles. The van der Waals surface area contributed by atoms with Crippen LogP contribution < -0.4 is 5.32 Å². The molecule has 0 radical (unpaired) electrons. The van der Waals surface area contributed by atoms with Gasteiger partial charge in [0.15, 0.2) is 5.96 Å². The molecule has 0 aromatic rings. The number of likely N-dealkylation sites (N-methyl/N-ethyl adjacent to an activating group) is 1. The molecule has 2 rings (SSSR count). The molecular formula is C16H30N4O2. The molecule has 0 aromatic heterocycles. The average molecular weight is 310 g/mol. The summed E-state index contributed by atoms with van der Waals surface area (Å²) >= 11 is 0. The Morgan fingerprint density at radius 3 is 2.68 bits per heavy atom. The van der Waals surface area contributed by atoms with Gasteiger partial charge in [0.2, 0.25) is 5.91 Å². The van der Waals surface area contributed by atoms with Crippen LogP contribution in [0.4, 0.5) is 0 Å². The fourth-order valence-electron chi connectivity index (χ4n) is 3.17. The Labute approximate surface area is 133 Å². The molecule has 22 heavy (non-hydrogen) atoms. The van der Waals surface area contributed by atoms with Crippen LogP contribution in [-0.2, 0) is 9.53 Å². The lowest BCUT2D eigenvalue weighted by atomic mass is 10.1. The van der Waals surface area contributed by atoms with Crippen molar-refractivity contribution in [3.63, 3.8) is 0 Å². The van der Waals surface area contributed by atoms with Crippen molar-refractivity contribution in [2.24, 2.45) is 10.9 Å². The zero-order valence-electron chi connectivity index (χ0n) is 14.2. The first-order valence-corrected chi connectivity index (χ1v) is 8.35. The summed E-state index contributed by atoms with van der Waals surface area (Å²) in [5, 5.41) is 3.58. The lowest BCUT2D eigenvalue weighted by Crippen LogP contribution is -2.45. The number of carbonyl (C=O) groups excluding carboxylic acids is 1. The molecule has 2 aliphatic rings. The Morgan fingerprint density at radius 2 is 2.05 bits per heavy atom. The third-order valence-corrected chi connectivity index (χ3v) is 4.54. The minimum Gasteiger partial charge on any atom is -0.384 e. The van der Waals surface area contributed by atoms with Crippen molar-refractivity contribution in [1.82, 2.24) is 15.1 Å². The molecule has 1 unspecified atom stereocenters. The number of guanidine groups is 1. The van der Waals surface area contributed by atoms with Gasteiger partial charge >= 0.3 is 0 Å². The summed E-state index contributed by atoms with van der Waals surface area (Å²) in [6, 6.07) is 0.509. The Hall–Kier alpha value is -1.30. The highest BCUT2D eigenvalue weighted by Gasteiger charge is 2.27. The van der Waals surface area contributed by atoms with Crippen LogP contribution in [0.25, 0.3) is 0 Å². The fraction of sp³-hybridized carbons (Fsp3) is 0.875. The quantitative estimate of drug-likeness (QED) is 0.606. The fourth-order valence-corrected chi connectivity index (χ4v) is 3.17. The first-order valence-electron chi connectivity index (χ1n) is 8.35. The average Bonchev–Trinajstić information content (AvgIpc) is 3.14. The second kappa shape index (κ2) is 8.36. The molecule has 6 heteroatoms. The molecular weight excluding hydrogens is 280 g/mol. The summed E-state index contributed by atoms with van der Waals surface area (Å²) in [4.78, 5) is 20.3. The van der Waals surface area contributed by atoms with Gasteiger partial charge < -0.3 is 19.9 Å². The van der Waals surface area contributed by atoms with Gasteiger partial charge in [-0.25, -0.2) is 4.99 Å². The first kappa shape index (κ1) is 17.1. The van der Waals surface area contributed by atoms with Gasteiger partial charge in [0.1, 0.15) is 6.54 Å². The standard InChI is InChI=1S/C16H30N4O2/c1-19(2)15(21)10-17-16(18-14-6-4-5-7-14)20-9-8-13(11-20)12-22-3/h13-14H,4-12H2,1-3H3,(H,17,18). The van der Waals surface area contributed by atoms with E-state index >= 15 is 0 Å². The van der Waals surface area contributed by atoms with E-state index in [1.807, 2.05) is 0 Å². The second-order valence-corrected chi connectivity index (χ2v) is 6.61. The Morgan fingerprint density at radius 1 is 1.32 bits per heavy atom. The molecule has 1 saturated carbocycles. The van der Waals surface area contributed by atoms with Crippen LogP contribution in [0.15, 0.2) is 4.99 Å². The van der Waals surface area contributed by atoms with E-state index in [4.69, 9.17) is 4.74 Å². The van der Waals surface area contributed by atoms with Crippen molar-refractivity contribution in [1.29, 1.82) is 0 Å². The van der Waals surface area contributed by atoms with E-state index < -0.39 is 0 Å². The van der Waals surface area contributed by atoms with Gasteiger partial charge in [-0.1, -0.05) is 12.8 Å². The first-order chi connectivity index (χ1) is 10.6. The normalized spacial score (nSPS) is 23.1. The van der Waals surface area contributed by atoms with Gasteiger partial charge in [-0.3, -0.25) is 4.79 Å². The van der Waals surface area contributed by atoms with E-state index in [2.05, 4.69) is 15.2 Å². The maximum absolute atomic E-state index is 11.8. The van der Waals surface area contributed by atoms with Crippen molar-refractivity contribution >= 4 is 11.9 Å². The summed E-state index contributed by atoms with van der Waals surface area (Å²) in [6.45, 7) is 2.96. The predicted molar refractivity (Wildman–Crippen MR) is 87.9 cm³/mol. The van der Waals surface area contributed by atoms with Gasteiger partial charge in [-0.15, -0.1) is 0 Å². The van der Waals surface area contributed by atoms with E-state index in [9.17, 15) is 4.79 Å². The number of carbonyl (C=O) groups is 1. The van der Waals surface area contributed by atoms with Gasteiger partial charge in [-0.2, -0.15) is 0 Å². The lowest BCUT2D eigenvalue weighted by Gasteiger charge is -2.25. The molecule has 1 amide bonds. The number of rotatable bonds is 5. The SMILES string of the molecule is COCC1CCN(C(=NCC(=O)N(C)C)NC2CCCC2)C1. The highest BCUT2D eigenvalue weighted by Crippen LogP contribution is 2.20. The summed E-state index contributed by atoms with van der Waals surface area (Å²) in [6.07, 6.45) is 6.11. The molecule has 6 nitrogen and oxygen atoms in total. The number of amides is 1. The van der Waals surface area contributed by atoms with Crippen molar-refractivity contribution in [3.8, 4) is 0 Å². The topological polar surface area (TPSA) is 57.2 Å². The van der Waals surface area contributed by atoms with E-state index in [1.54, 1.807) is 26.1 Å². The van der Waals surface area contributed by atoms with E-state index in [0.717, 1.165) is 32.1 Å². The van der Waals surface area contributed by atoms with Crippen LogP contribution in [0.5, 0.6) is 0 Å². The molecule has 1 aliphatic carbocycles. The monoisotopic (exact) mass is 310 g/mol. The summed E-state index contributed by atoms with van der Waals surface area (Å²) < 4.78 is 5.27. The third-order valence-electron chi connectivity index (χ3n) is 4.54. The largest absolute Gasteiger partial charge is 0.384 e. The van der Waals surface area contributed by atoms with Crippen LogP contribution in [0.3, 0.4) is 0 Å². The number of hydrogen-bond donors (Lipinski definition) is 1. The zero-order valence-corrected chi connectivity index (χ0v) is 14.2. The smallest absolute Gasteiger partial charge is 0.243 e. The van der Waals surface area contributed by atoms with Crippen LogP contribution in [0.2, 0.25) is 0 Å². The molecule has 2 fully saturated rings. The summed E-state index contributed by atoms with van der Waals surface area (Å²) in [7, 11) is 5.29. The highest BCUT2D eigenvalue weighted by atomic mass is 16.5. The number of methoxy groups -OCH3 is 1. The predicted octanol–water partition coefficient (Wildman–Crippen LogP) is 0.931. The van der Waals surface area contributed by atoms with Gasteiger partial charge in [0.05, 0.1) is 6.61 Å². The molecule has 1 saturated heterocycles. The van der Waals surface area contributed by atoms with Crippen LogP contribution in [0, 0.1) is 5.92 Å². The molecule has 0 spiro atoms. The highest BCUT2D eigenvalue weighted by molar-refractivity contribution is 5.85. The van der Waals surface area contributed by atoms with Crippen LogP contribution in [0.1, 0.15) is 32.1 Å². The molecule has 126 valence electrons. The van der Waals surface area contributed by atoms with E-state index in [1.165, 1.54) is 25.7 Å². The number of ether oxygens (including phenoxy) is 1. The third kappa shape index (κ3) is 4.87. The summed E-state index contributed by atoms with van der Waals surface area (Å²) in [5.41, 5.74) is 0. The Balaban J connectivity index is 1.97. The molecule has 1 atom stereocenters. The number of aliphatic imine (C=N–C) groups is 1. The van der Waals surface area contributed by atoms with Crippen molar-refractivity contribution in [3.05, 3.63) is 0 Å². The van der Waals surface area contributed by atoms with Crippen molar-refractivity contribution in [2.45, 2.75) is 38.1 Å². The second-order valence-electron chi connectivity index (χ2n) is 6.61. The van der Waals surface area contributed by atoms with Gasteiger partial charge in [0, 0.05) is 46.3 Å². The lowest BCUT2D eigenvalue weighted by molar-refractivity contribution is -0.127. The molecule has 1 N–H and O–H groups in total. The summed E-state index contributed by atoms with van der Waals surface area (Å²) in [5.74, 6) is 1.50. The van der Waals surface area contributed by atoms with Crippen LogP contribution >= 0.6 is 0 Å². The molecule has 1 heterocycles. The maximum atomic E-state index is 11.8. The zero-order chi connectivity index (χ0) is 15.9. The maximum Gasteiger partial charge on any atom is 0.243 e. The number of nitrogens with one attached hydrogen (secondary N) is 1. The Kier molecular flexibility index (Phi) is 6.49. The number of hydrogen-bond acceptors (Lipinski definition) is 3. The number of nitrogens with zero attached hydrogens (tertiary/aromatic N) is 3. The van der Waals surface area contributed by atoms with E-state index in [-0.39, 0.29) is 12.5 Å². The minimum atomic E-state index is 0.0401. The van der Waals surface area contributed by atoms with Crippen LogP contribution in [-0.4, -0.2) is 75.2 Å².